The Balaban J connectivity index is 1.48. The zero-order valence-corrected chi connectivity index (χ0v) is 13.7. The van der Waals surface area contributed by atoms with Gasteiger partial charge in [-0.15, -0.1) is 0 Å². The number of ether oxygens (including phenoxy) is 1. The zero-order chi connectivity index (χ0) is 17.0. The highest BCUT2D eigenvalue weighted by molar-refractivity contribution is 5.95. The molecule has 2 fully saturated rings. The molecule has 124 valence electrons. The number of nitrogens with zero attached hydrogens (tertiary/aromatic N) is 4. The first-order valence-corrected chi connectivity index (χ1v) is 8.35. The first kappa shape index (κ1) is 14.4. The Morgan fingerprint density at radius 1 is 1.28 bits per heavy atom. The maximum atomic E-state index is 9.21. The van der Waals surface area contributed by atoms with Crippen molar-refractivity contribution in [1.82, 2.24) is 25.5 Å². The van der Waals surface area contributed by atoms with Crippen molar-refractivity contribution in [2.75, 3.05) is 13.1 Å². The van der Waals surface area contributed by atoms with Crippen molar-refractivity contribution >= 4 is 10.9 Å². The van der Waals surface area contributed by atoms with Gasteiger partial charge in [0, 0.05) is 30.3 Å². The van der Waals surface area contributed by atoms with E-state index < -0.39 is 0 Å². The summed E-state index contributed by atoms with van der Waals surface area (Å²) < 4.78 is 5.99. The Bertz CT molecular complexity index is 1010. The topological polar surface area (TPSA) is 99.5 Å². The lowest BCUT2D eigenvalue weighted by Gasteiger charge is -2.09. The molecule has 1 saturated heterocycles. The van der Waals surface area contributed by atoms with E-state index in [1.807, 2.05) is 19.1 Å². The van der Waals surface area contributed by atoms with E-state index in [1.165, 1.54) is 0 Å². The van der Waals surface area contributed by atoms with Crippen molar-refractivity contribution in [3.05, 3.63) is 35.7 Å². The Hall–Kier alpha value is -2.98. The largest absolute Gasteiger partial charge is 0.473 e. The molecule has 7 heteroatoms. The van der Waals surface area contributed by atoms with Crippen molar-refractivity contribution in [1.29, 1.82) is 5.26 Å². The first-order chi connectivity index (χ1) is 12.3. The molecule has 3 aromatic rings. The summed E-state index contributed by atoms with van der Waals surface area (Å²) in [6, 6.07) is 7.69. The zero-order valence-electron chi connectivity index (χ0n) is 13.7. The summed E-state index contributed by atoms with van der Waals surface area (Å²) in [5.74, 6) is 1.80. The number of para-hydroxylation sites is 1. The van der Waals surface area contributed by atoms with Gasteiger partial charge in [-0.25, -0.2) is 9.97 Å². The van der Waals surface area contributed by atoms with Gasteiger partial charge in [-0.1, -0.05) is 12.1 Å². The van der Waals surface area contributed by atoms with Gasteiger partial charge in [0.2, 0.25) is 5.88 Å². The normalized spacial score (nSPS) is 24.1. The van der Waals surface area contributed by atoms with Gasteiger partial charge >= 0.3 is 0 Å². The minimum absolute atomic E-state index is 0.270. The molecule has 0 bridgehead atoms. The number of aryl methyl sites for hydroxylation is 1. The van der Waals surface area contributed by atoms with E-state index in [0.717, 1.165) is 35.6 Å². The number of aromatic nitrogens is 4. The molecular formula is C18H16N6O. The average Bonchev–Trinajstić information content (AvgIpc) is 3.00. The number of benzene rings is 1. The van der Waals surface area contributed by atoms with E-state index in [1.54, 1.807) is 12.3 Å². The maximum Gasteiger partial charge on any atom is 0.232 e. The molecule has 5 rings (SSSR count). The summed E-state index contributed by atoms with van der Waals surface area (Å²) >= 11 is 0. The summed E-state index contributed by atoms with van der Waals surface area (Å²) in [5, 5.41) is 20.7. The van der Waals surface area contributed by atoms with E-state index >= 15 is 0 Å². The van der Waals surface area contributed by atoms with Crippen LogP contribution in [0.4, 0.5) is 0 Å². The highest BCUT2D eigenvalue weighted by Crippen LogP contribution is 2.44. The second kappa shape index (κ2) is 5.26. The maximum absolute atomic E-state index is 9.21. The van der Waals surface area contributed by atoms with Crippen LogP contribution in [0.2, 0.25) is 0 Å². The van der Waals surface area contributed by atoms with Gasteiger partial charge in [0.1, 0.15) is 23.4 Å². The van der Waals surface area contributed by atoms with Crippen molar-refractivity contribution in [2.45, 2.75) is 13.0 Å². The summed E-state index contributed by atoms with van der Waals surface area (Å²) in [7, 11) is 0. The fraction of sp³-hybridized carbons (Fsp3) is 0.333. The van der Waals surface area contributed by atoms with E-state index in [-0.39, 0.29) is 6.10 Å². The average molecular weight is 332 g/mol. The van der Waals surface area contributed by atoms with Gasteiger partial charge < -0.3 is 10.1 Å². The fourth-order valence-corrected chi connectivity index (χ4v) is 3.75. The van der Waals surface area contributed by atoms with Crippen LogP contribution in [0, 0.1) is 30.1 Å². The number of nitriles is 1. The molecule has 1 aliphatic carbocycles. The molecule has 1 saturated carbocycles. The van der Waals surface area contributed by atoms with E-state index in [4.69, 9.17) is 4.74 Å². The predicted molar refractivity (Wildman–Crippen MR) is 90.8 cm³/mol. The van der Waals surface area contributed by atoms with E-state index in [2.05, 4.69) is 31.6 Å². The van der Waals surface area contributed by atoms with E-state index in [0.29, 0.717) is 28.8 Å². The monoisotopic (exact) mass is 332 g/mol. The molecule has 1 aliphatic heterocycles. The van der Waals surface area contributed by atoms with Gasteiger partial charge in [-0.2, -0.15) is 10.4 Å². The van der Waals surface area contributed by atoms with Crippen LogP contribution in [0.5, 0.6) is 5.88 Å². The Labute approximate surface area is 144 Å². The highest BCUT2D eigenvalue weighted by atomic mass is 16.5. The lowest BCUT2D eigenvalue weighted by atomic mass is 10.1. The number of nitrogens with one attached hydrogen (secondary N) is 2. The third-order valence-electron chi connectivity index (χ3n) is 5.14. The SMILES string of the molecule is Cc1nc(OC2C3CNCC32)cnc1-c1[nH]nc2c(C#N)cccc12. The van der Waals surface area contributed by atoms with Crippen molar-refractivity contribution in [3.8, 4) is 23.3 Å². The molecule has 2 unspecified atom stereocenters. The highest BCUT2D eigenvalue weighted by Gasteiger charge is 2.55. The predicted octanol–water partition coefficient (Wildman–Crippen LogP) is 1.80. The van der Waals surface area contributed by atoms with Crippen LogP contribution in [0.25, 0.3) is 22.3 Å². The van der Waals surface area contributed by atoms with Crippen molar-refractivity contribution < 1.29 is 4.74 Å². The third kappa shape index (κ3) is 2.18. The second-order valence-corrected chi connectivity index (χ2v) is 6.62. The summed E-state index contributed by atoms with van der Waals surface area (Å²) in [6.07, 6.45) is 1.94. The molecule has 2 N–H and O–H groups in total. The van der Waals surface area contributed by atoms with Crippen LogP contribution in [-0.4, -0.2) is 39.4 Å². The molecule has 2 atom stereocenters. The molecule has 0 amide bonds. The molecule has 0 radical (unpaired) electrons. The quantitative estimate of drug-likeness (QED) is 0.758. The number of H-pyrrole nitrogens is 1. The van der Waals surface area contributed by atoms with Gasteiger partial charge in [0.05, 0.1) is 23.1 Å². The lowest BCUT2D eigenvalue weighted by Crippen LogP contribution is -2.20. The minimum atomic E-state index is 0.270. The number of rotatable bonds is 3. The smallest absolute Gasteiger partial charge is 0.232 e. The van der Waals surface area contributed by atoms with Crippen molar-refractivity contribution in [3.63, 3.8) is 0 Å². The van der Waals surface area contributed by atoms with Gasteiger partial charge in [0.15, 0.2) is 0 Å². The molecule has 0 spiro atoms. The standard InChI is InChI=1S/C18H16N6O/c1-9-15(17-11-4-2-3-10(5-19)16(11)23-24-17)21-8-14(22-9)25-18-12-6-20-7-13(12)18/h2-4,8,12-13,18,20H,6-7H2,1H3,(H,23,24). The van der Waals surface area contributed by atoms with Crippen molar-refractivity contribution in [2.24, 2.45) is 11.8 Å². The van der Waals surface area contributed by atoms with Crippen LogP contribution in [0.1, 0.15) is 11.3 Å². The van der Waals surface area contributed by atoms with Gasteiger partial charge in [0.25, 0.3) is 0 Å². The van der Waals surface area contributed by atoms with Crippen LogP contribution in [0.15, 0.2) is 24.4 Å². The molecular weight excluding hydrogens is 316 g/mol. The van der Waals surface area contributed by atoms with Crippen LogP contribution in [0.3, 0.4) is 0 Å². The van der Waals surface area contributed by atoms with Gasteiger partial charge in [-0.3, -0.25) is 5.10 Å². The van der Waals surface area contributed by atoms with E-state index in [9.17, 15) is 5.26 Å². The minimum Gasteiger partial charge on any atom is -0.473 e. The Morgan fingerprint density at radius 3 is 2.88 bits per heavy atom. The molecule has 7 nitrogen and oxygen atoms in total. The number of hydrogen-bond donors (Lipinski definition) is 2. The number of fused-ring (bicyclic) bond motifs is 2. The first-order valence-electron chi connectivity index (χ1n) is 8.35. The summed E-state index contributed by atoms with van der Waals surface area (Å²) in [6.45, 7) is 3.97. The van der Waals surface area contributed by atoms with Crippen LogP contribution >= 0.6 is 0 Å². The molecule has 25 heavy (non-hydrogen) atoms. The lowest BCUT2D eigenvalue weighted by molar-refractivity contribution is 0.250. The summed E-state index contributed by atoms with van der Waals surface area (Å²) in [4.78, 5) is 9.11. The molecule has 1 aromatic carbocycles. The molecule has 2 aliphatic rings. The summed E-state index contributed by atoms with van der Waals surface area (Å²) in [5.41, 5.74) is 3.47. The number of piperidine rings is 1. The second-order valence-electron chi connectivity index (χ2n) is 6.62. The molecule has 3 heterocycles. The van der Waals surface area contributed by atoms with Crippen LogP contribution in [-0.2, 0) is 0 Å². The van der Waals surface area contributed by atoms with Crippen LogP contribution < -0.4 is 10.1 Å². The van der Waals surface area contributed by atoms with Gasteiger partial charge in [-0.05, 0) is 13.0 Å². The Morgan fingerprint density at radius 2 is 2.12 bits per heavy atom. The molecule has 2 aromatic heterocycles. The Kier molecular flexibility index (Phi) is 3.02. The fourth-order valence-electron chi connectivity index (χ4n) is 3.75. The number of aromatic amines is 1. The number of hydrogen-bond acceptors (Lipinski definition) is 6. The third-order valence-corrected chi connectivity index (χ3v) is 5.14.